The highest BCUT2D eigenvalue weighted by molar-refractivity contribution is 4.91. The van der Waals surface area contributed by atoms with Crippen molar-refractivity contribution >= 4 is 0 Å². The Hall–Kier alpha value is -0.0800. The second-order valence-corrected chi connectivity index (χ2v) is 5.24. The van der Waals surface area contributed by atoms with E-state index >= 15 is 0 Å². The fraction of sp³-hybridized carbons (Fsp3) is 1.00. The third-order valence-electron chi connectivity index (χ3n) is 4.10. The van der Waals surface area contributed by atoms with Crippen molar-refractivity contribution in [3.05, 3.63) is 0 Å². The van der Waals surface area contributed by atoms with Crippen LogP contribution in [0.2, 0.25) is 0 Å². The zero-order valence-corrected chi connectivity index (χ0v) is 9.58. The minimum Gasteiger partial charge on any atom is -0.326 e. The van der Waals surface area contributed by atoms with Crippen molar-refractivity contribution in [1.82, 2.24) is 4.90 Å². The van der Waals surface area contributed by atoms with Crippen molar-refractivity contribution in [3.8, 4) is 0 Å². The molecular formula is C12H24N2. The molecule has 0 spiro atoms. The molecule has 0 aromatic carbocycles. The highest BCUT2D eigenvalue weighted by Gasteiger charge is 2.36. The molecular weight excluding hydrogens is 172 g/mol. The van der Waals surface area contributed by atoms with Gasteiger partial charge in [-0.15, -0.1) is 0 Å². The second kappa shape index (κ2) is 4.19. The summed E-state index contributed by atoms with van der Waals surface area (Å²) in [4.78, 5) is 2.66. The van der Waals surface area contributed by atoms with Gasteiger partial charge in [0.15, 0.2) is 0 Å². The summed E-state index contributed by atoms with van der Waals surface area (Å²) in [7, 11) is 0. The van der Waals surface area contributed by atoms with E-state index in [4.69, 9.17) is 5.73 Å². The number of nitrogens with zero attached hydrogens (tertiary/aromatic N) is 1. The lowest BCUT2D eigenvalue weighted by molar-refractivity contribution is 0.105. The average Bonchev–Trinajstić information content (AvgIpc) is 2.96. The first-order valence-electron chi connectivity index (χ1n) is 6.22. The maximum atomic E-state index is 6.14. The standard InChI is InChI=1S/C12H24N2/c1-3-12(10-4-5-10)14-7-6-9(2)11(13)8-14/h9-12H,3-8,13H2,1-2H3. The van der Waals surface area contributed by atoms with Crippen molar-refractivity contribution < 1.29 is 0 Å². The van der Waals surface area contributed by atoms with Crippen molar-refractivity contribution in [2.45, 2.75) is 51.6 Å². The zero-order chi connectivity index (χ0) is 10.1. The number of piperidine rings is 1. The van der Waals surface area contributed by atoms with E-state index < -0.39 is 0 Å². The fourth-order valence-electron chi connectivity index (χ4n) is 2.80. The van der Waals surface area contributed by atoms with Gasteiger partial charge in [-0.05, 0) is 44.1 Å². The predicted octanol–water partition coefficient (Wildman–Crippen LogP) is 1.84. The number of rotatable bonds is 3. The second-order valence-electron chi connectivity index (χ2n) is 5.24. The smallest absolute Gasteiger partial charge is 0.0194 e. The van der Waals surface area contributed by atoms with E-state index in [-0.39, 0.29) is 0 Å². The molecule has 2 aliphatic rings. The molecule has 1 aliphatic carbocycles. The topological polar surface area (TPSA) is 29.3 Å². The molecule has 1 saturated heterocycles. The Kier molecular flexibility index (Phi) is 3.13. The lowest BCUT2D eigenvalue weighted by Crippen LogP contribution is -2.51. The van der Waals surface area contributed by atoms with Crippen LogP contribution in [0.4, 0.5) is 0 Å². The number of hydrogen-bond acceptors (Lipinski definition) is 2. The fourth-order valence-corrected chi connectivity index (χ4v) is 2.80. The van der Waals surface area contributed by atoms with E-state index in [9.17, 15) is 0 Å². The largest absolute Gasteiger partial charge is 0.326 e. The van der Waals surface area contributed by atoms with Crippen LogP contribution in [0.3, 0.4) is 0 Å². The zero-order valence-electron chi connectivity index (χ0n) is 9.58. The van der Waals surface area contributed by atoms with Crippen LogP contribution in [-0.4, -0.2) is 30.1 Å². The molecule has 2 heteroatoms. The molecule has 0 aromatic heterocycles. The van der Waals surface area contributed by atoms with Crippen LogP contribution in [0.25, 0.3) is 0 Å². The average molecular weight is 196 g/mol. The molecule has 1 aliphatic heterocycles. The first-order chi connectivity index (χ1) is 6.72. The van der Waals surface area contributed by atoms with E-state index in [1.54, 1.807) is 0 Å². The molecule has 82 valence electrons. The lowest BCUT2D eigenvalue weighted by atomic mass is 9.92. The van der Waals surface area contributed by atoms with Gasteiger partial charge >= 0.3 is 0 Å². The van der Waals surface area contributed by atoms with Crippen LogP contribution in [0.15, 0.2) is 0 Å². The van der Waals surface area contributed by atoms with Crippen LogP contribution in [0.5, 0.6) is 0 Å². The van der Waals surface area contributed by atoms with Gasteiger partial charge in [0.05, 0.1) is 0 Å². The van der Waals surface area contributed by atoms with Crippen molar-refractivity contribution in [3.63, 3.8) is 0 Å². The van der Waals surface area contributed by atoms with Crippen molar-refractivity contribution in [1.29, 1.82) is 0 Å². The molecule has 0 amide bonds. The molecule has 0 radical (unpaired) electrons. The van der Waals surface area contributed by atoms with Crippen molar-refractivity contribution in [2.75, 3.05) is 13.1 Å². The van der Waals surface area contributed by atoms with E-state index in [1.165, 1.54) is 32.2 Å². The van der Waals surface area contributed by atoms with Gasteiger partial charge in [0.25, 0.3) is 0 Å². The summed E-state index contributed by atoms with van der Waals surface area (Å²) in [5.41, 5.74) is 6.14. The molecule has 0 aromatic rings. The third kappa shape index (κ3) is 2.12. The Morgan fingerprint density at radius 2 is 2.07 bits per heavy atom. The SMILES string of the molecule is CCC(C1CC1)N1CCC(C)C(N)C1. The Morgan fingerprint density at radius 3 is 2.57 bits per heavy atom. The molecule has 3 atom stereocenters. The van der Waals surface area contributed by atoms with E-state index in [0.717, 1.165) is 24.4 Å². The molecule has 2 N–H and O–H groups in total. The maximum Gasteiger partial charge on any atom is 0.0194 e. The summed E-state index contributed by atoms with van der Waals surface area (Å²) >= 11 is 0. The quantitative estimate of drug-likeness (QED) is 0.746. The molecule has 2 nitrogen and oxygen atoms in total. The monoisotopic (exact) mass is 196 g/mol. The Labute approximate surface area is 87.8 Å². The summed E-state index contributed by atoms with van der Waals surface area (Å²) < 4.78 is 0. The summed E-state index contributed by atoms with van der Waals surface area (Å²) in [6.07, 6.45) is 5.52. The molecule has 0 bridgehead atoms. The van der Waals surface area contributed by atoms with Gasteiger partial charge in [-0.25, -0.2) is 0 Å². The van der Waals surface area contributed by atoms with Gasteiger partial charge in [-0.3, -0.25) is 4.90 Å². The predicted molar refractivity (Wildman–Crippen MR) is 60.1 cm³/mol. The van der Waals surface area contributed by atoms with E-state index in [0.29, 0.717) is 6.04 Å². The summed E-state index contributed by atoms with van der Waals surface area (Å²) in [5.74, 6) is 1.73. The molecule has 2 rings (SSSR count). The molecule has 1 saturated carbocycles. The minimum atomic E-state index is 0.413. The van der Waals surface area contributed by atoms with Gasteiger partial charge in [-0.1, -0.05) is 13.8 Å². The van der Waals surface area contributed by atoms with E-state index in [2.05, 4.69) is 18.7 Å². The van der Waals surface area contributed by atoms with Crippen molar-refractivity contribution in [2.24, 2.45) is 17.6 Å². The molecule has 2 fully saturated rings. The van der Waals surface area contributed by atoms with Crippen LogP contribution in [0, 0.1) is 11.8 Å². The van der Waals surface area contributed by atoms with Gasteiger partial charge in [0.2, 0.25) is 0 Å². The van der Waals surface area contributed by atoms with Crippen LogP contribution >= 0.6 is 0 Å². The number of hydrogen-bond donors (Lipinski definition) is 1. The summed E-state index contributed by atoms with van der Waals surface area (Å²) in [6, 6.07) is 1.25. The van der Waals surface area contributed by atoms with Crippen LogP contribution < -0.4 is 5.73 Å². The van der Waals surface area contributed by atoms with Gasteiger partial charge in [0, 0.05) is 18.6 Å². The highest BCUT2D eigenvalue weighted by Crippen LogP contribution is 2.37. The molecule has 14 heavy (non-hydrogen) atoms. The third-order valence-corrected chi connectivity index (χ3v) is 4.10. The summed E-state index contributed by atoms with van der Waals surface area (Å²) in [6.45, 7) is 7.03. The minimum absolute atomic E-state index is 0.413. The maximum absolute atomic E-state index is 6.14. The number of likely N-dealkylation sites (tertiary alicyclic amines) is 1. The first kappa shape index (κ1) is 10.4. The van der Waals surface area contributed by atoms with Gasteiger partial charge in [-0.2, -0.15) is 0 Å². The molecule has 3 unspecified atom stereocenters. The molecule has 1 heterocycles. The van der Waals surface area contributed by atoms with Crippen LogP contribution in [-0.2, 0) is 0 Å². The Balaban J connectivity index is 1.90. The first-order valence-corrected chi connectivity index (χ1v) is 6.22. The normalized spacial score (nSPS) is 37.1. The Bertz CT molecular complexity index is 189. The van der Waals surface area contributed by atoms with E-state index in [1.807, 2.05) is 0 Å². The Morgan fingerprint density at radius 1 is 1.36 bits per heavy atom. The number of nitrogens with two attached hydrogens (primary N) is 1. The van der Waals surface area contributed by atoms with Crippen LogP contribution in [0.1, 0.15) is 39.5 Å². The summed E-state index contributed by atoms with van der Waals surface area (Å²) in [5, 5.41) is 0. The van der Waals surface area contributed by atoms with Gasteiger partial charge in [0.1, 0.15) is 0 Å². The lowest BCUT2D eigenvalue weighted by Gasteiger charge is -2.40. The van der Waals surface area contributed by atoms with Gasteiger partial charge < -0.3 is 5.73 Å². The highest BCUT2D eigenvalue weighted by atomic mass is 15.2.